The van der Waals surface area contributed by atoms with Crippen LogP contribution in [0.3, 0.4) is 0 Å². The Morgan fingerprint density at radius 3 is 2.44 bits per heavy atom. The minimum Gasteiger partial charge on any atom is -0.394 e. The van der Waals surface area contributed by atoms with Gasteiger partial charge in [-0.3, -0.25) is 0 Å². The van der Waals surface area contributed by atoms with Crippen LogP contribution in [0.4, 0.5) is 0 Å². The van der Waals surface area contributed by atoms with Gasteiger partial charge in [-0.15, -0.1) is 0 Å². The molecular formula is C15H23NOS. The van der Waals surface area contributed by atoms with Gasteiger partial charge in [0.15, 0.2) is 0 Å². The van der Waals surface area contributed by atoms with E-state index in [2.05, 4.69) is 0 Å². The summed E-state index contributed by atoms with van der Waals surface area (Å²) in [6.07, 6.45) is 6.69. The minimum absolute atomic E-state index is 0.0106. The van der Waals surface area contributed by atoms with Crippen molar-refractivity contribution in [1.82, 2.24) is 0 Å². The predicted octanol–water partition coefficient (Wildman–Crippen LogP) is 2.90. The summed E-state index contributed by atoms with van der Waals surface area (Å²) in [4.78, 5) is 0. The van der Waals surface area contributed by atoms with Crippen molar-refractivity contribution in [1.29, 1.82) is 0 Å². The van der Waals surface area contributed by atoms with Crippen LogP contribution in [-0.2, 0) is 5.54 Å². The third kappa shape index (κ3) is 3.50. The van der Waals surface area contributed by atoms with Gasteiger partial charge in [0, 0.05) is 11.0 Å². The maximum atomic E-state index is 9.63. The second kappa shape index (κ2) is 6.60. The average Bonchev–Trinajstić information content (AvgIpc) is 2.47. The molecule has 2 nitrogen and oxygen atoms in total. The van der Waals surface area contributed by atoms with Crippen LogP contribution >= 0.6 is 11.8 Å². The third-order valence-corrected chi connectivity index (χ3v) is 5.38. The first-order valence-corrected chi connectivity index (χ1v) is 7.86. The van der Waals surface area contributed by atoms with Crippen molar-refractivity contribution in [2.75, 3.05) is 12.4 Å². The number of rotatable bonds is 5. The summed E-state index contributed by atoms with van der Waals surface area (Å²) in [6, 6.07) is 9.97. The fourth-order valence-corrected chi connectivity index (χ4v) is 3.95. The lowest BCUT2D eigenvalue weighted by Gasteiger charge is -2.30. The molecule has 0 radical (unpaired) electrons. The normalized spacial score (nSPS) is 20.6. The molecular weight excluding hydrogens is 242 g/mol. The summed E-state index contributed by atoms with van der Waals surface area (Å²) in [5.74, 6) is 0.804. The van der Waals surface area contributed by atoms with Gasteiger partial charge in [0.25, 0.3) is 0 Å². The van der Waals surface area contributed by atoms with Crippen molar-refractivity contribution in [2.45, 2.75) is 42.9 Å². The number of hydrogen-bond acceptors (Lipinski definition) is 3. The molecule has 1 unspecified atom stereocenters. The maximum Gasteiger partial charge on any atom is 0.0735 e. The summed E-state index contributed by atoms with van der Waals surface area (Å²) >= 11 is 1.94. The molecule has 0 amide bonds. The van der Waals surface area contributed by atoms with Crippen LogP contribution in [0.2, 0.25) is 0 Å². The Morgan fingerprint density at radius 2 is 1.83 bits per heavy atom. The zero-order valence-corrected chi connectivity index (χ0v) is 11.7. The number of benzene rings is 1. The lowest BCUT2D eigenvalue weighted by atomic mass is 9.94. The molecule has 1 aliphatic rings. The first-order valence-electron chi connectivity index (χ1n) is 6.81. The molecule has 0 aliphatic heterocycles. The molecule has 1 saturated carbocycles. The van der Waals surface area contributed by atoms with Crippen LogP contribution in [0.15, 0.2) is 30.3 Å². The maximum absolute atomic E-state index is 9.63. The van der Waals surface area contributed by atoms with Gasteiger partial charge in [-0.05, 0) is 18.4 Å². The van der Waals surface area contributed by atoms with Gasteiger partial charge in [-0.2, -0.15) is 11.8 Å². The minimum atomic E-state index is -0.594. The highest BCUT2D eigenvalue weighted by Crippen LogP contribution is 2.32. The highest BCUT2D eigenvalue weighted by molar-refractivity contribution is 7.99. The second-order valence-corrected chi connectivity index (χ2v) is 6.54. The number of thioether (sulfide) groups is 1. The van der Waals surface area contributed by atoms with Gasteiger partial charge in [0.05, 0.1) is 12.1 Å². The smallest absolute Gasteiger partial charge is 0.0735 e. The fraction of sp³-hybridized carbons (Fsp3) is 0.600. The van der Waals surface area contributed by atoms with Crippen LogP contribution in [-0.4, -0.2) is 22.7 Å². The van der Waals surface area contributed by atoms with Crippen molar-refractivity contribution in [3.63, 3.8) is 0 Å². The zero-order valence-electron chi connectivity index (χ0n) is 10.8. The standard InChI is InChI=1S/C15H23NOS/c16-15(11-17,13-7-3-1-4-8-13)12-18-14-9-5-2-6-10-14/h1,3-4,7-8,14,17H,2,5-6,9-12,16H2. The zero-order chi connectivity index (χ0) is 12.8. The number of nitrogens with two attached hydrogens (primary N) is 1. The average molecular weight is 265 g/mol. The van der Waals surface area contributed by atoms with Gasteiger partial charge in [0.1, 0.15) is 0 Å². The molecule has 3 heteroatoms. The molecule has 1 aromatic rings. The summed E-state index contributed by atoms with van der Waals surface area (Å²) in [5, 5.41) is 10.4. The van der Waals surface area contributed by atoms with E-state index < -0.39 is 5.54 Å². The number of aliphatic hydroxyl groups is 1. The van der Waals surface area contributed by atoms with Gasteiger partial charge >= 0.3 is 0 Å². The van der Waals surface area contributed by atoms with E-state index >= 15 is 0 Å². The molecule has 1 fully saturated rings. The molecule has 100 valence electrons. The van der Waals surface area contributed by atoms with Crippen LogP contribution in [0, 0.1) is 0 Å². The van der Waals surface area contributed by atoms with Crippen molar-refractivity contribution in [3.8, 4) is 0 Å². The summed E-state index contributed by atoms with van der Waals surface area (Å²) in [5.41, 5.74) is 6.81. The fourth-order valence-electron chi connectivity index (χ4n) is 2.49. The quantitative estimate of drug-likeness (QED) is 0.860. The van der Waals surface area contributed by atoms with Crippen LogP contribution in [0.25, 0.3) is 0 Å². The van der Waals surface area contributed by atoms with E-state index in [1.165, 1.54) is 32.1 Å². The second-order valence-electron chi connectivity index (χ2n) is 5.25. The highest BCUT2D eigenvalue weighted by atomic mass is 32.2. The Bertz CT molecular complexity index is 351. The van der Waals surface area contributed by atoms with Crippen molar-refractivity contribution < 1.29 is 5.11 Å². The van der Waals surface area contributed by atoms with E-state index in [1.54, 1.807) is 0 Å². The van der Waals surface area contributed by atoms with Gasteiger partial charge in [-0.1, -0.05) is 49.6 Å². The third-order valence-electron chi connectivity index (χ3n) is 3.76. The Labute approximate surface area is 114 Å². The van der Waals surface area contributed by atoms with E-state index in [4.69, 9.17) is 5.73 Å². The Balaban J connectivity index is 1.95. The lowest BCUT2D eigenvalue weighted by Crippen LogP contribution is -2.43. The molecule has 0 aromatic heterocycles. The first-order chi connectivity index (χ1) is 8.74. The summed E-state index contributed by atoms with van der Waals surface area (Å²) in [6.45, 7) is 0.0106. The number of hydrogen-bond donors (Lipinski definition) is 2. The molecule has 2 rings (SSSR count). The van der Waals surface area contributed by atoms with Crippen molar-refractivity contribution in [3.05, 3.63) is 35.9 Å². The molecule has 1 atom stereocenters. The van der Waals surface area contributed by atoms with E-state index in [9.17, 15) is 5.11 Å². The molecule has 0 bridgehead atoms. The monoisotopic (exact) mass is 265 g/mol. The molecule has 18 heavy (non-hydrogen) atoms. The Kier molecular flexibility index (Phi) is 5.10. The summed E-state index contributed by atoms with van der Waals surface area (Å²) < 4.78 is 0. The Morgan fingerprint density at radius 1 is 1.17 bits per heavy atom. The first kappa shape index (κ1) is 13.9. The Hall–Kier alpha value is -0.510. The van der Waals surface area contributed by atoms with Crippen LogP contribution < -0.4 is 5.73 Å². The van der Waals surface area contributed by atoms with Crippen LogP contribution in [0.1, 0.15) is 37.7 Å². The van der Waals surface area contributed by atoms with E-state index in [0.717, 1.165) is 16.6 Å². The van der Waals surface area contributed by atoms with Crippen molar-refractivity contribution >= 4 is 11.8 Å². The molecule has 0 saturated heterocycles. The summed E-state index contributed by atoms with van der Waals surface area (Å²) in [7, 11) is 0. The molecule has 3 N–H and O–H groups in total. The van der Waals surface area contributed by atoms with Gasteiger partial charge in [0.2, 0.25) is 0 Å². The van der Waals surface area contributed by atoms with Gasteiger partial charge in [-0.25, -0.2) is 0 Å². The highest BCUT2D eigenvalue weighted by Gasteiger charge is 2.28. The molecule has 0 heterocycles. The van der Waals surface area contributed by atoms with Crippen molar-refractivity contribution in [2.24, 2.45) is 5.73 Å². The molecule has 1 aliphatic carbocycles. The van der Waals surface area contributed by atoms with E-state index in [-0.39, 0.29) is 6.61 Å². The lowest BCUT2D eigenvalue weighted by molar-refractivity contribution is 0.213. The number of aliphatic hydroxyl groups excluding tert-OH is 1. The van der Waals surface area contributed by atoms with E-state index in [1.807, 2.05) is 42.1 Å². The SMILES string of the molecule is NC(CO)(CSC1CCCCC1)c1ccccc1. The molecule has 0 spiro atoms. The largest absolute Gasteiger partial charge is 0.394 e. The van der Waals surface area contributed by atoms with Gasteiger partial charge < -0.3 is 10.8 Å². The topological polar surface area (TPSA) is 46.2 Å². The predicted molar refractivity (Wildman–Crippen MR) is 78.7 cm³/mol. The van der Waals surface area contributed by atoms with E-state index in [0.29, 0.717) is 0 Å². The van der Waals surface area contributed by atoms with Crippen LogP contribution in [0.5, 0.6) is 0 Å². The molecule has 1 aromatic carbocycles.